The lowest BCUT2D eigenvalue weighted by molar-refractivity contribution is -0.142. The quantitative estimate of drug-likeness (QED) is 0.809. The monoisotopic (exact) mass is 270 g/mol. The molecular weight excluding hydrogens is 248 g/mol. The molecule has 0 aromatic rings. The number of carbonyl (C=O) groups excluding carboxylic acids is 1. The van der Waals surface area contributed by atoms with Gasteiger partial charge in [0.1, 0.15) is 5.92 Å². The molecule has 2 rings (SSSR count). The van der Waals surface area contributed by atoms with Gasteiger partial charge in [0, 0.05) is 19.1 Å². The number of carboxylic acid groups (broad SMARTS) is 1. The van der Waals surface area contributed by atoms with Gasteiger partial charge < -0.3 is 19.6 Å². The van der Waals surface area contributed by atoms with Crippen molar-refractivity contribution in [1.29, 1.82) is 0 Å². The Hall–Kier alpha value is -1.30. The van der Waals surface area contributed by atoms with Gasteiger partial charge in [-0.05, 0) is 26.7 Å². The molecule has 6 nitrogen and oxygen atoms in total. The Bertz CT molecular complexity index is 357. The van der Waals surface area contributed by atoms with Gasteiger partial charge in [0.25, 0.3) is 0 Å². The zero-order valence-electron chi connectivity index (χ0n) is 11.5. The predicted molar refractivity (Wildman–Crippen MR) is 68.9 cm³/mol. The van der Waals surface area contributed by atoms with Crippen molar-refractivity contribution in [2.75, 3.05) is 26.3 Å². The van der Waals surface area contributed by atoms with Gasteiger partial charge in [-0.25, -0.2) is 4.79 Å². The molecule has 1 aliphatic carbocycles. The normalized spacial score (nSPS) is 26.2. The maximum atomic E-state index is 12.5. The molecule has 6 heteroatoms. The van der Waals surface area contributed by atoms with Crippen LogP contribution in [0.5, 0.6) is 0 Å². The number of amides is 2. The summed E-state index contributed by atoms with van der Waals surface area (Å²) in [6, 6.07) is -0.0470. The molecule has 1 saturated carbocycles. The van der Waals surface area contributed by atoms with E-state index in [1.54, 1.807) is 4.90 Å². The number of aliphatic carboxylic acids is 1. The number of rotatable bonds is 5. The van der Waals surface area contributed by atoms with E-state index in [0.29, 0.717) is 25.7 Å². The SMILES string of the molecule is CCN(C(=O)N(CC)C1COCC1C(=O)O)C1CC1. The zero-order chi connectivity index (χ0) is 14.0. The molecule has 0 bridgehead atoms. The Morgan fingerprint density at radius 3 is 2.26 bits per heavy atom. The molecule has 1 saturated heterocycles. The number of ether oxygens (including phenoxy) is 1. The van der Waals surface area contributed by atoms with Crippen LogP contribution in [0.1, 0.15) is 26.7 Å². The molecule has 0 radical (unpaired) electrons. The standard InChI is InChI=1S/C13H22N2O4/c1-3-14(9-5-6-9)13(18)15(4-2)11-8-19-7-10(11)12(16)17/h9-11H,3-8H2,1-2H3,(H,16,17). The lowest BCUT2D eigenvalue weighted by atomic mass is 10.0. The average Bonchev–Trinajstić information content (AvgIpc) is 3.08. The van der Waals surface area contributed by atoms with Crippen molar-refractivity contribution in [3.8, 4) is 0 Å². The third kappa shape index (κ3) is 2.83. The van der Waals surface area contributed by atoms with Crippen molar-refractivity contribution in [2.45, 2.75) is 38.8 Å². The highest BCUT2D eigenvalue weighted by atomic mass is 16.5. The van der Waals surface area contributed by atoms with Crippen molar-refractivity contribution in [3.63, 3.8) is 0 Å². The number of likely N-dealkylation sites (N-methyl/N-ethyl adjacent to an activating group) is 1. The highest BCUT2D eigenvalue weighted by molar-refractivity contribution is 5.78. The summed E-state index contributed by atoms with van der Waals surface area (Å²) in [7, 11) is 0. The smallest absolute Gasteiger partial charge is 0.320 e. The van der Waals surface area contributed by atoms with E-state index in [2.05, 4.69) is 0 Å². The van der Waals surface area contributed by atoms with E-state index in [9.17, 15) is 14.7 Å². The molecule has 1 N–H and O–H groups in total. The maximum absolute atomic E-state index is 12.5. The van der Waals surface area contributed by atoms with E-state index >= 15 is 0 Å². The van der Waals surface area contributed by atoms with E-state index in [4.69, 9.17) is 4.74 Å². The molecule has 1 heterocycles. The molecule has 2 fully saturated rings. The first kappa shape index (κ1) is 14.1. The van der Waals surface area contributed by atoms with Gasteiger partial charge in [0.2, 0.25) is 0 Å². The number of nitrogens with zero attached hydrogens (tertiary/aromatic N) is 2. The van der Waals surface area contributed by atoms with Crippen LogP contribution < -0.4 is 0 Å². The van der Waals surface area contributed by atoms with Crippen LogP contribution in [-0.2, 0) is 9.53 Å². The van der Waals surface area contributed by atoms with Gasteiger partial charge in [0.05, 0.1) is 19.3 Å². The summed E-state index contributed by atoms with van der Waals surface area (Å²) in [5.41, 5.74) is 0. The molecule has 2 unspecified atom stereocenters. The van der Waals surface area contributed by atoms with Crippen LogP contribution >= 0.6 is 0 Å². The van der Waals surface area contributed by atoms with Crippen molar-refractivity contribution < 1.29 is 19.4 Å². The summed E-state index contributed by atoms with van der Waals surface area (Å²) in [4.78, 5) is 27.3. The van der Waals surface area contributed by atoms with Gasteiger partial charge >= 0.3 is 12.0 Å². The molecule has 19 heavy (non-hydrogen) atoms. The summed E-state index contributed by atoms with van der Waals surface area (Å²) in [5.74, 6) is -1.50. The van der Waals surface area contributed by atoms with E-state index in [1.165, 1.54) is 0 Å². The summed E-state index contributed by atoms with van der Waals surface area (Å²) in [6.07, 6.45) is 2.11. The van der Waals surface area contributed by atoms with Crippen LogP contribution in [0.4, 0.5) is 4.79 Å². The largest absolute Gasteiger partial charge is 0.481 e. The fourth-order valence-corrected chi connectivity index (χ4v) is 2.70. The number of carbonyl (C=O) groups is 2. The Morgan fingerprint density at radius 1 is 1.16 bits per heavy atom. The summed E-state index contributed by atoms with van der Waals surface area (Å²) >= 11 is 0. The van der Waals surface area contributed by atoms with Crippen LogP contribution in [0, 0.1) is 5.92 Å². The predicted octanol–water partition coefficient (Wildman–Crippen LogP) is 1.01. The lowest BCUT2D eigenvalue weighted by Crippen LogP contribution is -2.52. The van der Waals surface area contributed by atoms with Gasteiger partial charge in [-0.2, -0.15) is 0 Å². The number of urea groups is 1. The van der Waals surface area contributed by atoms with Gasteiger partial charge in [-0.1, -0.05) is 0 Å². The topological polar surface area (TPSA) is 70.1 Å². The Labute approximate surface area is 113 Å². The second kappa shape index (κ2) is 5.77. The summed E-state index contributed by atoms with van der Waals surface area (Å²) < 4.78 is 5.26. The minimum Gasteiger partial charge on any atom is -0.481 e. The molecule has 108 valence electrons. The molecule has 2 atom stereocenters. The van der Waals surface area contributed by atoms with E-state index in [0.717, 1.165) is 12.8 Å². The van der Waals surface area contributed by atoms with Crippen LogP contribution in [0.15, 0.2) is 0 Å². The van der Waals surface area contributed by atoms with E-state index < -0.39 is 11.9 Å². The molecule has 0 aromatic carbocycles. The molecular formula is C13H22N2O4. The zero-order valence-corrected chi connectivity index (χ0v) is 11.5. The number of hydrogen-bond acceptors (Lipinski definition) is 3. The number of carboxylic acids is 1. The first-order valence-corrected chi connectivity index (χ1v) is 6.97. The van der Waals surface area contributed by atoms with Gasteiger partial charge in [-0.3, -0.25) is 4.79 Å². The maximum Gasteiger partial charge on any atom is 0.320 e. The second-order valence-electron chi connectivity index (χ2n) is 5.14. The highest BCUT2D eigenvalue weighted by Crippen LogP contribution is 2.29. The minimum absolute atomic E-state index is 0.0470. The molecule has 0 spiro atoms. The molecule has 2 amide bonds. The fourth-order valence-electron chi connectivity index (χ4n) is 2.70. The summed E-state index contributed by atoms with van der Waals surface area (Å²) in [6.45, 7) is 5.54. The minimum atomic E-state index is -0.886. The third-order valence-corrected chi connectivity index (χ3v) is 3.93. The lowest BCUT2D eigenvalue weighted by Gasteiger charge is -2.34. The van der Waals surface area contributed by atoms with Crippen LogP contribution in [0.3, 0.4) is 0 Å². The van der Waals surface area contributed by atoms with Crippen LogP contribution in [-0.4, -0.2) is 65.3 Å². The Balaban J connectivity index is 2.09. The average molecular weight is 270 g/mol. The fraction of sp³-hybridized carbons (Fsp3) is 0.846. The highest BCUT2D eigenvalue weighted by Gasteiger charge is 2.42. The van der Waals surface area contributed by atoms with Crippen molar-refractivity contribution >= 4 is 12.0 Å². The Kier molecular flexibility index (Phi) is 4.29. The number of hydrogen-bond donors (Lipinski definition) is 1. The molecule has 2 aliphatic rings. The van der Waals surface area contributed by atoms with Crippen LogP contribution in [0.25, 0.3) is 0 Å². The van der Waals surface area contributed by atoms with Gasteiger partial charge in [0.15, 0.2) is 0 Å². The van der Waals surface area contributed by atoms with Crippen molar-refractivity contribution in [2.24, 2.45) is 5.92 Å². The second-order valence-corrected chi connectivity index (χ2v) is 5.14. The summed E-state index contributed by atoms with van der Waals surface area (Å²) in [5, 5.41) is 9.20. The third-order valence-electron chi connectivity index (χ3n) is 3.93. The molecule has 1 aliphatic heterocycles. The Morgan fingerprint density at radius 2 is 1.79 bits per heavy atom. The molecule has 0 aromatic heterocycles. The van der Waals surface area contributed by atoms with Crippen molar-refractivity contribution in [3.05, 3.63) is 0 Å². The van der Waals surface area contributed by atoms with Crippen molar-refractivity contribution in [1.82, 2.24) is 9.80 Å². The van der Waals surface area contributed by atoms with Gasteiger partial charge in [-0.15, -0.1) is 0 Å². The first-order valence-electron chi connectivity index (χ1n) is 6.97. The first-order chi connectivity index (χ1) is 9.10. The van der Waals surface area contributed by atoms with Crippen LogP contribution in [0.2, 0.25) is 0 Å². The van der Waals surface area contributed by atoms with E-state index in [1.807, 2.05) is 18.7 Å². The van der Waals surface area contributed by atoms with E-state index in [-0.39, 0.29) is 18.7 Å².